The van der Waals surface area contributed by atoms with E-state index < -0.39 is 4.46 Å². The second-order valence-corrected chi connectivity index (χ2v) is 2.84. The van der Waals surface area contributed by atoms with Crippen LogP contribution in [0.1, 0.15) is 6.92 Å². The van der Waals surface area contributed by atoms with E-state index in [2.05, 4.69) is 5.32 Å². The Morgan fingerprint density at radius 1 is 1.50 bits per heavy atom. The van der Waals surface area contributed by atoms with E-state index in [1.54, 1.807) is 14.0 Å². The Morgan fingerprint density at radius 2 is 1.67 bits per heavy atom. The fourth-order valence-electron chi connectivity index (χ4n) is 0. The lowest BCUT2D eigenvalue weighted by molar-refractivity contribution is 0.728. The molecule has 6 heavy (non-hydrogen) atoms. The third-order valence-electron chi connectivity index (χ3n) is 0.439. The zero-order chi connectivity index (χ0) is 5.21. The summed E-state index contributed by atoms with van der Waals surface area (Å²) >= 11 is 10.7. The average Bonchev–Trinajstić information content (AvgIpc) is 1.35. The lowest BCUT2D eigenvalue weighted by atomic mass is 10.7. The molecule has 0 aliphatic heterocycles. The Balaban J connectivity index is 3.17. The molecular weight excluding hydrogens is 121 g/mol. The molecule has 0 aliphatic rings. The van der Waals surface area contributed by atoms with Gasteiger partial charge in [0.1, 0.15) is 0 Å². The summed E-state index contributed by atoms with van der Waals surface area (Å²) in [4.78, 5) is 0. The molecule has 0 heterocycles. The molecule has 0 radical (unpaired) electrons. The van der Waals surface area contributed by atoms with Gasteiger partial charge in [-0.15, -0.1) is 0 Å². The quantitative estimate of drug-likeness (QED) is 0.415. The van der Waals surface area contributed by atoms with Gasteiger partial charge in [0.2, 0.25) is 0 Å². The van der Waals surface area contributed by atoms with Gasteiger partial charge >= 0.3 is 0 Å². The van der Waals surface area contributed by atoms with Gasteiger partial charge in [-0.25, -0.2) is 0 Å². The molecule has 38 valence electrons. The Hall–Kier alpha value is 0.540. The molecule has 1 N–H and O–H groups in total. The Kier molecular flexibility index (Phi) is 2.19. The molecule has 0 amide bonds. The van der Waals surface area contributed by atoms with Crippen molar-refractivity contribution < 1.29 is 0 Å². The van der Waals surface area contributed by atoms with E-state index in [1.165, 1.54) is 0 Å². The van der Waals surface area contributed by atoms with Crippen molar-refractivity contribution in [1.82, 2.24) is 5.32 Å². The van der Waals surface area contributed by atoms with Crippen molar-refractivity contribution in [2.45, 2.75) is 11.4 Å². The van der Waals surface area contributed by atoms with Gasteiger partial charge in [-0.2, -0.15) is 0 Å². The smallest absolute Gasteiger partial charge is 0.165 e. The molecule has 0 rings (SSSR count). The number of hydrogen-bond donors (Lipinski definition) is 1. The molecule has 0 bridgehead atoms. The highest BCUT2D eigenvalue weighted by Crippen LogP contribution is 2.12. The van der Waals surface area contributed by atoms with Crippen molar-refractivity contribution in [2.75, 3.05) is 7.05 Å². The normalized spacial score (nSPS) is 12.0. The Labute approximate surface area is 47.6 Å². The second-order valence-electron chi connectivity index (χ2n) is 1.14. The van der Waals surface area contributed by atoms with Gasteiger partial charge < -0.3 is 0 Å². The molecule has 0 spiro atoms. The van der Waals surface area contributed by atoms with Crippen molar-refractivity contribution in [2.24, 2.45) is 0 Å². The molecule has 0 fully saturated rings. The molecule has 3 heteroatoms. The number of hydrogen-bond acceptors (Lipinski definition) is 1. The summed E-state index contributed by atoms with van der Waals surface area (Å²) in [5, 5.41) is 2.64. The third kappa shape index (κ3) is 4.54. The predicted molar refractivity (Wildman–Crippen MR) is 29.2 cm³/mol. The van der Waals surface area contributed by atoms with Gasteiger partial charge in [-0.05, 0) is 14.0 Å². The predicted octanol–water partition coefficient (Wildman–Crippen LogP) is 1.36. The summed E-state index contributed by atoms with van der Waals surface area (Å²) in [6.07, 6.45) is 0. The van der Waals surface area contributed by atoms with E-state index in [-0.39, 0.29) is 0 Å². The summed E-state index contributed by atoms with van der Waals surface area (Å²) in [5.74, 6) is 0. The highest BCUT2D eigenvalue weighted by molar-refractivity contribution is 6.47. The number of halogens is 2. The van der Waals surface area contributed by atoms with E-state index in [1.807, 2.05) is 0 Å². The largest absolute Gasteiger partial charge is 0.290 e. The first kappa shape index (κ1) is 6.54. The van der Waals surface area contributed by atoms with Crippen LogP contribution < -0.4 is 5.32 Å². The SMILES string of the molecule is CNC(C)(Cl)Cl. The maximum absolute atomic E-state index is 5.37. The van der Waals surface area contributed by atoms with E-state index in [9.17, 15) is 0 Å². The summed E-state index contributed by atoms with van der Waals surface area (Å²) in [7, 11) is 1.69. The molecular formula is C3H7Cl2N. The molecule has 0 saturated carbocycles. The Bertz CT molecular complexity index is 38.5. The van der Waals surface area contributed by atoms with Crippen molar-refractivity contribution in [1.29, 1.82) is 0 Å². The minimum atomic E-state index is -0.764. The molecule has 0 aromatic rings. The summed E-state index contributed by atoms with van der Waals surface area (Å²) < 4.78 is -0.764. The van der Waals surface area contributed by atoms with Crippen LogP contribution in [0.15, 0.2) is 0 Å². The summed E-state index contributed by atoms with van der Waals surface area (Å²) in [6, 6.07) is 0. The lowest BCUT2D eigenvalue weighted by Crippen LogP contribution is -2.25. The molecule has 0 aliphatic carbocycles. The topological polar surface area (TPSA) is 12.0 Å². The highest BCUT2D eigenvalue weighted by atomic mass is 35.5. The van der Waals surface area contributed by atoms with Crippen LogP contribution in [0, 0.1) is 0 Å². The molecule has 0 atom stereocenters. The highest BCUT2D eigenvalue weighted by Gasteiger charge is 2.09. The molecule has 0 aromatic heterocycles. The van der Waals surface area contributed by atoms with Gasteiger partial charge in [0.25, 0.3) is 0 Å². The first-order valence-electron chi connectivity index (χ1n) is 1.63. The zero-order valence-electron chi connectivity index (χ0n) is 3.76. The summed E-state index contributed by atoms with van der Waals surface area (Å²) in [6.45, 7) is 1.66. The third-order valence-corrected chi connectivity index (χ3v) is 0.817. The second kappa shape index (κ2) is 2.01. The van der Waals surface area contributed by atoms with E-state index >= 15 is 0 Å². The van der Waals surface area contributed by atoms with Crippen LogP contribution in [0.25, 0.3) is 0 Å². The van der Waals surface area contributed by atoms with Crippen LogP contribution in [0.2, 0.25) is 0 Å². The molecule has 1 nitrogen and oxygen atoms in total. The van der Waals surface area contributed by atoms with E-state index in [0.29, 0.717) is 0 Å². The lowest BCUT2D eigenvalue weighted by Gasteiger charge is -2.08. The maximum atomic E-state index is 5.37. The van der Waals surface area contributed by atoms with Gasteiger partial charge in [-0.3, -0.25) is 5.32 Å². The van der Waals surface area contributed by atoms with Crippen LogP contribution in [0.4, 0.5) is 0 Å². The first-order valence-corrected chi connectivity index (χ1v) is 2.38. The van der Waals surface area contributed by atoms with Crippen LogP contribution in [0.3, 0.4) is 0 Å². The fourth-order valence-corrected chi connectivity index (χ4v) is 0. The van der Waals surface area contributed by atoms with Crippen LogP contribution in [-0.4, -0.2) is 11.5 Å². The number of nitrogens with one attached hydrogen (secondary N) is 1. The van der Waals surface area contributed by atoms with Crippen molar-refractivity contribution in [3.8, 4) is 0 Å². The van der Waals surface area contributed by atoms with Crippen LogP contribution in [-0.2, 0) is 0 Å². The van der Waals surface area contributed by atoms with Crippen molar-refractivity contribution in [3.05, 3.63) is 0 Å². The fraction of sp³-hybridized carbons (Fsp3) is 1.00. The monoisotopic (exact) mass is 127 g/mol. The van der Waals surface area contributed by atoms with Crippen LogP contribution >= 0.6 is 23.2 Å². The standard InChI is InChI=1S/C3H7Cl2N/c1-3(4,5)6-2/h6H,1-2H3. The molecule has 0 saturated heterocycles. The number of alkyl halides is 2. The van der Waals surface area contributed by atoms with E-state index in [0.717, 1.165) is 0 Å². The van der Waals surface area contributed by atoms with Crippen LogP contribution in [0.5, 0.6) is 0 Å². The van der Waals surface area contributed by atoms with Gasteiger partial charge in [0.15, 0.2) is 4.46 Å². The maximum Gasteiger partial charge on any atom is 0.165 e. The number of rotatable bonds is 1. The Morgan fingerprint density at radius 3 is 1.67 bits per heavy atom. The molecule has 0 aromatic carbocycles. The zero-order valence-corrected chi connectivity index (χ0v) is 5.27. The van der Waals surface area contributed by atoms with Gasteiger partial charge in [0.05, 0.1) is 0 Å². The minimum absolute atomic E-state index is 0.764. The van der Waals surface area contributed by atoms with Gasteiger partial charge in [0, 0.05) is 0 Å². The molecule has 0 unspecified atom stereocenters. The average molecular weight is 128 g/mol. The summed E-state index contributed by atoms with van der Waals surface area (Å²) in [5.41, 5.74) is 0. The van der Waals surface area contributed by atoms with E-state index in [4.69, 9.17) is 23.2 Å². The van der Waals surface area contributed by atoms with Crippen molar-refractivity contribution in [3.63, 3.8) is 0 Å². The van der Waals surface area contributed by atoms with Crippen molar-refractivity contribution >= 4 is 23.2 Å². The minimum Gasteiger partial charge on any atom is -0.290 e. The first-order chi connectivity index (χ1) is 2.56. The van der Waals surface area contributed by atoms with Gasteiger partial charge in [-0.1, -0.05) is 23.2 Å².